The molecule has 0 aliphatic carbocycles. The quantitative estimate of drug-likeness (QED) is 0.109. The van der Waals surface area contributed by atoms with Crippen molar-refractivity contribution in [1.29, 1.82) is 0 Å². The molecule has 2 saturated heterocycles. The van der Waals surface area contributed by atoms with E-state index in [0.29, 0.717) is 6.61 Å². The molecule has 0 saturated carbocycles. The van der Waals surface area contributed by atoms with Crippen molar-refractivity contribution in [2.75, 3.05) is 13.2 Å². The zero-order valence-corrected chi connectivity index (χ0v) is 47.7. The summed E-state index contributed by atoms with van der Waals surface area (Å²) in [5.41, 5.74) is 0. The van der Waals surface area contributed by atoms with E-state index in [1.54, 1.807) is 0 Å². The zero-order chi connectivity index (χ0) is 43.0. The average Bonchev–Trinajstić information content (AvgIpc) is 2.87. The Hall–Kier alpha value is 1.30. The Kier molecular flexibility index (Phi) is 18.2. The Morgan fingerprint density at radius 1 is 0.291 bits per heavy atom. The van der Waals surface area contributed by atoms with Gasteiger partial charge in [0, 0.05) is 0 Å². The molecule has 2 aliphatic heterocycles. The highest BCUT2D eigenvalue weighted by molar-refractivity contribution is 6.72. The first-order chi connectivity index (χ1) is 24.2. The van der Waals surface area contributed by atoms with Gasteiger partial charge in [0.1, 0.15) is 48.8 Å². The molecule has 10 atom stereocenters. The number of hydrogen-bond donors (Lipinski definition) is 0. The fourth-order valence-corrected chi connectivity index (χ4v) is 14.4. The van der Waals surface area contributed by atoms with E-state index in [4.69, 9.17) is 49.6 Å². The summed E-state index contributed by atoms with van der Waals surface area (Å²) in [5.74, 6) is 0. The van der Waals surface area contributed by atoms with Gasteiger partial charge in [0.25, 0.3) is 0 Å². The van der Waals surface area contributed by atoms with Crippen molar-refractivity contribution in [2.45, 2.75) is 219 Å². The van der Waals surface area contributed by atoms with Crippen LogP contribution in [0.25, 0.3) is 0 Å². The van der Waals surface area contributed by atoms with Gasteiger partial charge in [-0.25, -0.2) is 0 Å². The second-order valence-corrected chi connectivity index (χ2v) is 59.0. The second kappa shape index (κ2) is 19.1. The van der Waals surface area contributed by atoms with Crippen LogP contribution in [0.3, 0.4) is 0 Å². The van der Waals surface area contributed by atoms with Crippen molar-refractivity contribution in [3.8, 4) is 0 Å². The van der Waals surface area contributed by atoms with Gasteiger partial charge in [-0.15, -0.1) is 0 Å². The topological polar surface area (TPSA) is 102 Å². The van der Waals surface area contributed by atoms with Crippen LogP contribution in [0.4, 0.5) is 0 Å². The highest BCUT2D eigenvalue weighted by Gasteiger charge is 2.55. The molecule has 0 aromatic rings. The van der Waals surface area contributed by atoms with E-state index in [1.807, 2.05) is 0 Å². The Balaban J connectivity index is 2.76. The molecule has 0 radical (unpaired) electrons. The van der Waals surface area contributed by atoms with Crippen LogP contribution >= 0.6 is 0 Å². The molecule has 19 heteroatoms. The van der Waals surface area contributed by atoms with Crippen LogP contribution < -0.4 is 0 Å². The molecule has 0 N–H and O–H groups in total. The van der Waals surface area contributed by atoms with Crippen LogP contribution in [0, 0.1) is 0 Å². The first kappa shape index (κ1) is 52.4. The summed E-state index contributed by atoms with van der Waals surface area (Å²) in [6, 6.07) is 0. The summed E-state index contributed by atoms with van der Waals surface area (Å²) in [6.45, 7) is 53.4. The molecule has 0 amide bonds. The van der Waals surface area contributed by atoms with Gasteiger partial charge in [-0.1, -0.05) is 0 Å². The molecule has 0 aromatic heterocycles. The maximum atomic E-state index is 7.11. The minimum absolute atomic E-state index is 0.170. The van der Waals surface area contributed by atoms with Gasteiger partial charge in [-0.3, -0.25) is 0 Å². The minimum atomic E-state index is -2.17. The van der Waals surface area contributed by atoms with Crippen LogP contribution in [-0.4, -0.2) is 141 Å². The van der Waals surface area contributed by atoms with Crippen molar-refractivity contribution >= 4 is 66.5 Å². The van der Waals surface area contributed by atoms with Gasteiger partial charge in [0.2, 0.25) is 0 Å². The standard InChI is InChI=1S/C36H86O11Si8/c1-48(2,3)38-26-28-30(42-50(7,8)9)31(43-51(10,11)12)33(45-53(16,17)18)35(39-28)37-25-27-29(41-49(4,5)6)32(44-52(13,14)15)34(46-54(19,20)21)36(40-27)47-55(22,23)24/h27-36H,25-26H2,1-24H3/t27-,28-,29-,30-,31+,32+,33-,34-,35?,36-/m1/s1. The average molecular weight is 920 g/mol. The van der Waals surface area contributed by atoms with Crippen LogP contribution in [0.2, 0.25) is 157 Å². The van der Waals surface area contributed by atoms with E-state index in [1.165, 1.54) is 0 Å². The van der Waals surface area contributed by atoms with Crippen LogP contribution in [0.5, 0.6) is 0 Å². The van der Waals surface area contributed by atoms with E-state index in [-0.39, 0.29) is 12.7 Å². The molecular formula is C36H86O11Si8. The van der Waals surface area contributed by atoms with Crippen molar-refractivity contribution < 1.29 is 49.6 Å². The van der Waals surface area contributed by atoms with Gasteiger partial charge >= 0.3 is 0 Å². The predicted molar refractivity (Wildman–Crippen MR) is 246 cm³/mol. The zero-order valence-electron chi connectivity index (χ0n) is 39.7. The van der Waals surface area contributed by atoms with Crippen molar-refractivity contribution in [1.82, 2.24) is 0 Å². The molecule has 1 unspecified atom stereocenters. The maximum Gasteiger partial charge on any atom is 0.187 e. The molecule has 2 fully saturated rings. The Morgan fingerprint density at radius 3 is 0.891 bits per heavy atom. The third-order valence-electron chi connectivity index (χ3n) is 7.70. The molecule has 11 nitrogen and oxygen atoms in total. The second-order valence-electron chi connectivity index (χ2n) is 23.2. The Labute approximate surface area is 346 Å². The van der Waals surface area contributed by atoms with E-state index in [9.17, 15) is 0 Å². The molecule has 0 aromatic carbocycles. The summed E-state index contributed by atoms with van der Waals surface area (Å²) < 4.78 is 76.8. The summed E-state index contributed by atoms with van der Waals surface area (Å²) >= 11 is 0. The summed E-state index contributed by atoms with van der Waals surface area (Å²) in [7, 11) is -16.8. The molecule has 2 rings (SSSR count). The lowest BCUT2D eigenvalue weighted by Gasteiger charge is -2.53. The van der Waals surface area contributed by atoms with Gasteiger partial charge in [-0.05, 0) is 157 Å². The van der Waals surface area contributed by atoms with Gasteiger partial charge in [0.05, 0.1) is 13.2 Å². The Morgan fingerprint density at radius 2 is 0.564 bits per heavy atom. The molecular weight excluding hydrogens is 833 g/mol. The number of rotatable bonds is 20. The van der Waals surface area contributed by atoms with E-state index in [2.05, 4.69) is 157 Å². The van der Waals surface area contributed by atoms with Gasteiger partial charge < -0.3 is 49.6 Å². The molecule has 55 heavy (non-hydrogen) atoms. The third-order valence-corrected chi connectivity index (χ3v) is 15.5. The van der Waals surface area contributed by atoms with Crippen molar-refractivity contribution in [2.24, 2.45) is 0 Å². The lowest BCUT2D eigenvalue weighted by molar-refractivity contribution is -0.314. The minimum Gasteiger partial charge on any atom is -0.415 e. The summed E-state index contributed by atoms with van der Waals surface area (Å²) in [6.07, 6.45) is -5.02. The normalized spacial score (nSPS) is 31.2. The largest absolute Gasteiger partial charge is 0.415 e. The van der Waals surface area contributed by atoms with Crippen LogP contribution in [0.15, 0.2) is 0 Å². The molecule has 328 valence electrons. The third kappa shape index (κ3) is 20.6. The van der Waals surface area contributed by atoms with E-state index < -0.39 is 122 Å². The van der Waals surface area contributed by atoms with Crippen molar-refractivity contribution in [3.63, 3.8) is 0 Å². The number of ether oxygens (including phenoxy) is 3. The first-order valence-corrected chi connectivity index (χ1v) is 47.8. The van der Waals surface area contributed by atoms with Crippen molar-refractivity contribution in [3.05, 3.63) is 0 Å². The molecule has 0 bridgehead atoms. The monoisotopic (exact) mass is 918 g/mol. The fourth-order valence-electron chi connectivity index (χ4n) is 6.38. The molecule has 2 heterocycles. The molecule has 2 aliphatic rings. The lowest BCUT2D eigenvalue weighted by Crippen LogP contribution is -2.68. The summed E-state index contributed by atoms with van der Waals surface area (Å²) in [5, 5.41) is 0. The highest BCUT2D eigenvalue weighted by Crippen LogP contribution is 2.38. The molecule has 0 spiro atoms. The number of hydrogen-bond acceptors (Lipinski definition) is 11. The van der Waals surface area contributed by atoms with E-state index >= 15 is 0 Å². The summed E-state index contributed by atoms with van der Waals surface area (Å²) in [4.78, 5) is 0. The highest BCUT2D eigenvalue weighted by atomic mass is 28.4. The predicted octanol–water partition coefficient (Wildman–Crippen LogP) is 9.48. The maximum absolute atomic E-state index is 7.11. The van der Waals surface area contributed by atoms with E-state index in [0.717, 1.165) is 0 Å². The SMILES string of the molecule is C[Si](C)(C)OC[C@H]1OC(OC[C@H]2O[C@H](O[Si](C)(C)C)[C@H](O[Si](C)(C)C)[C@@H](O[Si](C)(C)C)[C@@H]2O[Si](C)(C)C)[C@H](O[Si](C)(C)C)[C@@H](O[Si](C)(C)C)[C@@H]1O[Si](C)(C)C. The Bertz CT molecular complexity index is 1180. The van der Waals surface area contributed by atoms with Gasteiger partial charge in [0.15, 0.2) is 79.1 Å². The fraction of sp³-hybridized carbons (Fsp3) is 1.00. The van der Waals surface area contributed by atoms with Crippen LogP contribution in [-0.2, 0) is 49.6 Å². The first-order valence-electron chi connectivity index (χ1n) is 20.5. The lowest BCUT2D eigenvalue weighted by atomic mass is 9.98. The smallest absolute Gasteiger partial charge is 0.187 e. The van der Waals surface area contributed by atoms with Gasteiger partial charge in [-0.2, -0.15) is 0 Å². The van der Waals surface area contributed by atoms with Crippen LogP contribution in [0.1, 0.15) is 0 Å².